The van der Waals surface area contributed by atoms with Crippen LogP contribution in [0.2, 0.25) is 0 Å². The van der Waals surface area contributed by atoms with Crippen LogP contribution in [0.4, 0.5) is 4.39 Å². The Morgan fingerprint density at radius 2 is 2.04 bits per heavy atom. The van der Waals surface area contributed by atoms with Gasteiger partial charge in [-0.1, -0.05) is 11.8 Å². The highest BCUT2D eigenvalue weighted by atomic mass is 32.2. The molecular formula is C16H16FN3O3S2. The average molecular weight is 381 g/mol. The third-order valence-corrected chi connectivity index (χ3v) is 6.59. The smallest absolute Gasteiger partial charge is 0.195 e. The first-order valence-electron chi connectivity index (χ1n) is 7.58. The van der Waals surface area contributed by atoms with Crippen molar-refractivity contribution in [1.29, 1.82) is 0 Å². The number of rotatable bonds is 5. The molecule has 6 nitrogen and oxygen atoms in total. The molecule has 0 radical (unpaired) electrons. The van der Waals surface area contributed by atoms with Crippen molar-refractivity contribution in [2.75, 3.05) is 11.5 Å². The van der Waals surface area contributed by atoms with E-state index in [4.69, 9.17) is 0 Å². The Kier molecular flexibility index (Phi) is 5.05. The number of allylic oxidation sites excluding steroid dienone is 1. The lowest BCUT2D eigenvalue weighted by atomic mass is 10.1. The summed E-state index contributed by atoms with van der Waals surface area (Å²) in [5.74, 6) is 0.150. The predicted molar refractivity (Wildman–Crippen MR) is 92.7 cm³/mol. The number of hydrogen-bond donors (Lipinski definition) is 0. The van der Waals surface area contributed by atoms with Gasteiger partial charge in [-0.3, -0.25) is 4.79 Å². The third-order valence-electron chi connectivity index (χ3n) is 3.99. The van der Waals surface area contributed by atoms with Gasteiger partial charge in [-0.2, -0.15) is 0 Å². The van der Waals surface area contributed by atoms with E-state index in [0.29, 0.717) is 23.0 Å². The van der Waals surface area contributed by atoms with Crippen LogP contribution in [0.15, 0.2) is 40.9 Å². The van der Waals surface area contributed by atoms with Gasteiger partial charge in [-0.15, -0.1) is 10.2 Å². The number of benzene rings is 1. The van der Waals surface area contributed by atoms with Crippen molar-refractivity contribution in [3.8, 4) is 0 Å². The lowest BCUT2D eigenvalue weighted by Crippen LogP contribution is -2.09. The monoisotopic (exact) mass is 381 g/mol. The van der Waals surface area contributed by atoms with Gasteiger partial charge in [-0.25, -0.2) is 12.8 Å². The highest BCUT2D eigenvalue weighted by molar-refractivity contribution is 8.02. The van der Waals surface area contributed by atoms with Gasteiger partial charge in [0.15, 0.2) is 20.8 Å². The van der Waals surface area contributed by atoms with Gasteiger partial charge >= 0.3 is 0 Å². The number of halogens is 1. The lowest BCUT2D eigenvalue weighted by Gasteiger charge is -2.06. The molecule has 1 aliphatic rings. The van der Waals surface area contributed by atoms with Gasteiger partial charge in [0.05, 0.1) is 11.5 Å². The fourth-order valence-corrected chi connectivity index (χ4v) is 5.04. The van der Waals surface area contributed by atoms with E-state index >= 15 is 0 Å². The highest BCUT2D eigenvalue weighted by Crippen LogP contribution is 2.29. The molecule has 1 fully saturated rings. The van der Waals surface area contributed by atoms with Crippen molar-refractivity contribution >= 4 is 27.4 Å². The Morgan fingerprint density at radius 1 is 1.32 bits per heavy atom. The molecule has 0 amide bonds. The zero-order valence-electron chi connectivity index (χ0n) is 13.4. The minimum atomic E-state index is -2.99. The molecule has 132 valence electrons. The Balaban J connectivity index is 1.66. The summed E-state index contributed by atoms with van der Waals surface area (Å²) in [4.78, 5) is 12.0. The second kappa shape index (κ2) is 7.09. The highest BCUT2D eigenvalue weighted by Gasteiger charge is 2.32. The zero-order chi connectivity index (χ0) is 18.0. The van der Waals surface area contributed by atoms with Crippen LogP contribution < -0.4 is 0 Å². The first kappa shape index (κ1) is 17.8. The van der Waals surface area contributed by atoms with Crippen LogP contribution >= 0.6 is 11.8 Å². The molecule has 1 aromatic carbocycles. The normalized spacial score (nSPS) is 19.5. The maximum absolute atomic E-state index is 12.9. The van der Waals surface area contributed by atoms with Gasteiger partial charge in [0.25, 0.3) is 0 Å². The number of aromatic nitrogens is 3. The quantitative estimate of drug-likeness (QED) is 0.449. The molecule has 2 aromatic rings. The zero-order valence-corrected chi connectivity index (χ0v) is 15.1. The van der Waals surface area contributed by atoms with E-state index in [2.05, 4.69) is 10.2 Å². The summed E-state index contributed by atoms with van der Waals surface area (Å²) in [6, 6.07) is 5.32. The van der Waals surface area contributed by atoms with Gasteiger partial charge in [0.2, 0.25) is 0 Å². The van der Waals surface area contributed by atoms with Gasteiger partial charge in [0.1, 0.15) is 11.6 Å². The fourth-order valence-electron chi connectivity index (χ4n) is 2.65. The van der Waals surface area contributed by atoms with Crippen LogP contribution in [0.25, 0.3) is 0 Å². The topological polar surface area (TPSA) is 81.9 Å². The van der Waals surface area contributed by atoms with Crippen molar-refractivity contribution in [3.05, 3.63) is 53.0 Å². The second-order valence-corrected chi connectivity index (χ2v) is 8.89. The minimum Gasteiger partial charge on any atom is -0.309 e. The molecule has 1 saturated heterocycles. The largest absolute Gasteiger partial charge is 0.309 e. The summed E-state index contributed by atoms with van der Waals surface area (Å²) < 4.78 is 37.8. The number of sulfone groups is 1. The Hall–Kier alpha value is -2.00. The molecule has 1 aliphatic heterocycles. The van der Waals surface area contributed by atoms with Crippen molar-refractivity contribution in [3.63, 3.8) is 0 Å². The summed E-state index contributed by atoms with van der Waals surface area (Å²) in [7, 11) is -1.21. The van der Waals surface area contributed by atoms with E-state index in [0.717, 1.165) is 0 Å². The van der Waals surface area contributed by atoms with E-state index in [1.165, 1.54) is 42.1 Å². The standard InChI is InChI=1S/C16H16FN3O3S2/c1-20-15(12-7-9-25(22,23)10-12)18-19-16(20)24-8-6-14(21)11-2-4-13(17)5-3-11/h2-6,8,12H,7,9-10H2,1H3/b8-6+. The summed E-state index contributed by atoms with van der Waals surface area (Å²) in [5.41, 5.74) is 0.396. The molecule has 25 heavy (non-hydrogen) atoms. The van der Waals surface area contributed by atoms with Gasteiger partial charge in [-0.05, 0) is 42.2 Å². The first-order valence-corrected chi connectivity index (χ1v) is 10.3. The summed E-state index contributed by atoms with van der Waals surface area (Å²) in [5, 5.41) is 10.3. The van der Waals surface area contributed by atoms with Gasteiger partial charge < -0.3 is 4.57 Å². The molecule has 1 aromatic heterocycles. The molecule has 1 atom stereocenters. The first-order chi connectivity index (χ1) is 11.9. The van der Waals surface area contributed by atoms with Crippen molar-refractivity contribution in [2.24, 2.45) is 7.05 Å². The van der Waals surface area contributed by atoms with E-state index in [1.54, 1.807) is 17.0 Å². The summed E-state index contributed by atoms with van der Waals surface area (Å²) >= 11 is 1.22. The Bertz CT molecular complexity index is 921. The second-order valence-electron chi connectivity index (χ2n) is 5.79. The maximum atomic E-state index is 12.9. The van der Waals surface area contributed by atoms with Crippen molar-refractivity contribution in [1.82, 2.24) is 14.8 Å². The lowest BCUT2D eigenvalue weighted by molar-refractivity contribution is 0.104. The summed E-state index contributed by atoms with van der Waals surface area (Å²) in [6.07, 6.45) is 1.93. The van der Waals surface area contributed by atoms with E-state index in [1.807, 2.05) is 0 Å². The molecule has 1 unspecified atom stereocenters. The SMILES string of the molecule is Cn1c(S/C=C/C(=O)c2ccc(F)cc2)nnc1C1CCS(=O)(=O)C1. The maximum Gasteiger partial charge on any atom is 0.195 e. The Morgan fingerprint density at radius 3 is 2.68 bits per heavy atom. The number of nitrogens with zero attached hydrogens (tertiary/aromatic N) is 3. The average Bonchev–Trinajstić information content (AvgIpc) is 3.10. The third kappa shape index (κ3) is 4.16. The molecule has 2 heterocycles. The van der Waals surface area contributed by atoms with E-state index < -0.39 is 15.7 Å². The van der Waals surface area contributed by atoms with Crippen molar-refractivity contribution < 1.29 is 17.6 Å². The van der Waals surface area contributed by atoms with Crippen LogP contribution in [0, 0.1) is 5.82 Å². The van der Waals surface area contributed by atoms with E-state index in [9.17, 15) is 17.6 Å². The van der Waals surface area contributed by atoms with Gasteiger partial charge in [0, 0.05) is 18.5 Å². The van der Waals surface area contributed by atoms with Crippen LogP contribution in [-0.2, 0) is 16.9 Å². The van der Waals surface area contributed by atoms with Crippen LogP contribution in [0.3, 0.4) is 0 Å². The number of carbonyl (C=O) groups is 1. The molecule has 0 bridgehead atoms. The number of thioether (sulfide) groups is 1. The molecule has 0 aliphatic carbocycles. The molecule has 0 N–H and O–H groups in total. The number of hydrogen-bond acceptors (Lipinski definition) is 6. The van der Waals surface area contributed by atoms with Crippen LogP contribution in [0.1, 0.15) is 28.5 Å². The fraction of sp³-hybridized carbons (Fsp3) is 0.312. The van der Waals surface area contributed by atoms with Crippen LogP contribution in [0.5, 0.6) is 0 Å². The van der Waals surface area contributed by atoms with E-state index in [-0.39, 0.29) is 23.2 Å². The molecule has 3 rings (SSSR count). The molecule has 0 spiro atoms. The van der Waals surface area contributed by atoms with Crippen molar-refractivity contribution in [2.45, 2.75) is 17.5 Å². The Labute approximate surface area is 149 Å². The number of carbonyl (C=O) groups excluding carboxylic acids is 1. The molecular weight excluding hydrogens is 365 g/mol. The molecule has 0 saturated carbocycles. The number of ketones is 1. The predicted octanol–water partition coefficient (Wildman–Crippen LogP) is 2.34. The van der Waals surface area contributed by atoms with Crippen LogP contribution in [-0.4, -0.2) is 40.5 Å². The summed E-state index contributed by atoms with van der Waals surface area (Å²) in [6.45, 7) is 0. The minimum absolute atomic E-state index is 0.0997. The molecule has 9 heteroatoms.